The molecule has 0 saturated carbocycles. The molecule has 5 heteroatoms. The van der Waals surface area contributed by atoms with Crippen molar-refractivity contribution in [3.8, 4) is 0 Å². The summed E-state index contributed by atoms with van der Waals surface area (Å²) in [5, 5.41) is 7.52. The van der Waals surface area contributed by atoms with Crippen molar-refractivity contribution in [3.05, 3.63) is 58.3 Å². The van der Waals surface area contributed by atoms with Crippen molar-refractivity contribution in [3.63, 3.8) is 0 Å². The van der Waals surface area contributed by atoms with E-state index in [-0.39, 0.29) is 11.3 Å². The van der Waals surface area contributed by atoms with Crippen molar-refractivity contribution >= 4 is 27.7 Å². The zero-order valence-corrected chi connectivity index (χ0v) is 13.3. The number of fused-ring (bicyclic) bond motifs is 2. The van der Waals surface area contributed by atoms with E-state index < -0.39 is 0 Å². The van der Waals surface area contributed by atoms with Gasteiger partial charge in [-0.25, -0.2) is 0 Å². The van der Waals surface area contributed by atoms with Gasteiger partial charge in [0.05, 0.1) is 11.1 Å². The van der Waals surface area contributed by atoms with Gasteiger partial charge in [0, 0.05) is 28.9 Å². The molecule has 2 heterocycles. The number of para-hydroxylation sites is 2. The maximum atomic E-state index is 12.7. The van der Waals surface area contributed by atoms with Gasteiger partial charge in [-0.05, 0) is 43.7 Å². The zero-order chi connectivity index (χ0) is 16.5. The van der Waals surface area contributed by atoms with Gasteiger partial charge in [0.25, 0.3) is 5.91 Å². The number of carbonyl (C=O) groups excluding carboxylic acids is 1. The minimum absolute atomic E-state index is 0.0496. The van der Waals surface area contributed by atoms with Gasteiger partial charge in [-0.15, -0.1) is 0 Å². The first-order valence-electron chi connectivity index (χ1n) is 8.29. The highest BCUT2D eigenvalue weighted by atomic mass is 16.1. The van der Waals surface area contributed by atoms with E-state index in [1.165, 1.54) is 0 Å². The fraction of sp³-hybridized carbons (Fsp3) is 0.263. The largest absolute Gasteiger partial charge is 0.354 e. The van der Waals surface area contributed by atoms with Crippen molar-refractivity contribution in [2.75, 3.05) is 13.1 Å². The van der Waals surface area contributed by atoms with Gasteiger partial charge < -0.3 is 15.6 Å². The normalized spacial score (nSPS) is 17.4. The predicted octanol–water partition coefficient (Wildman–Crippen LogP) is 2.16. The third-order valence-electron chi connectivity index (χ3n) is 4.66. The SMILES string of the molecule is O=C(NC[C@@H]1CCCN1)c1cccc2c(=O)c3ccccc3[nH]c12. The molecule has 0 bridgehead atoms. The lowest BCUT2D eigenvalue weighted by Crippen LogP contribution is -2.37. The summed E-state index contributed by atoms with van der Waals surface area (Å²) in [4.78, 5) is 28.5. The molecule has 122 valence electrons. The average molecular weight is 321 g/mol. The summed E-state index contributed by atoms with van der Waals surface area (Å²) >= 11 is 0. The molecule has 3 aromatic rings. The second kappa shape index (κ2) is 6.09. The fourth-order valence-corrected chi connectivity index (χ4v) is 3.38. The van der Waals surface area contributed by atoms with E-state index >= 15 is 0 Å². The van der Waals surface area contributed by atoms with Crippen LogP contribution in [0.1, 0.15) is 23.2 Å². The molecule has 1 aliphatic rings. The number of H-pyrrole nitrogens is 1. The number of carbonyl (C=O) groups is 1. The standard InChI is InChI=1S/C19H19N3O2/c23-18-13-6-1-2-9-16(13)22-17-14(18)7-3-8-15(17)19(24)21-11-12-5-4-10-20-12/h1-3,6-9,12,20H,4-5,10-11H2,(H,21,24)(H,22,23)/t12-/m0/s1. The van der Waals surface area contributed by atoms with Crippen LogP contribution in [0.2, 0.25) is 0 Å². The van der Waals surface area contributed by atoms with E-state index in [1.807, 2.05) is 18.2 Å². The van der Waals surface area contributed by atoms with E-state index in [4.69, 9.17) is 0 Å². The van der Waals surface area contributed by atoms with Crippen LogP contribution in [0.15, 0.2) is 47.3 Å². The van der Waals surface area contributed by atoms with Crippen molar-refractivity contribution in [2.24, 2.45) is 0 Å². The van der Waals surface area contributed by atoms with E-state index in [2.05, 4.69) is 15.6 Å². The summed E-state index contributed by atoms with van der Waals surface area (Å²) in [5.74, 6) is -0.153. The van der Waals surface area contributed by atoms with Crippen LogP contribution in [-0.2, 0) is 0 Å². The quantitative estimate of drug-likeness (QED) is 0.647. The summed E-state index contributed by atoms with van der Waals surface area (Å²) in [5.41, 5.74) is 1.80. The van der Waals surface area contributed by atoms with Crippen molar-refractivity contribution in [1.29, 1.82) is 0 Å². The van der Waals surface area contributed by atoms with Crippen LogP contribution in [0.25, 0.3) is 21.8 Å². The summed E-state index contributed by atoms with van der Waals surface area (Å²) in [6, 6.07) is 13.0. The van der Waals surface area contributed by atoms with Crippen LogP contribution in [0.5, 0.6) is 0 Å². The van der Waals surface area contributed by atoms with E-state index in [0.717, 1.165) is 24.9 Å². The summed E-state index contributed by atoms with van der Waals surface area (Å²) < 4.78 is 0. The molecule has 1 atom stereocenters. The van der Waals surface area contributed by atoms with Crippen LogP contribution < -0.4 is 16.1 Å². The zero-order valence-electron chi connectivity index (χ0n) is 13.3. The van der Waals surface area contributed by atoms with Crippen LogP contribution in [0.4, 0.5) is 0 Å². The number of hydrogen-bond donors (Lipinski definition) is 3. The van der Waals surface area contributed by atoms with Gasteiger partial charge >= 0.3 is 0 Å². The monoisotopic (exact) mass is 321 g/mol. The molecule has 0 aliphatic carbocycles. The summed E-state index contributed by atoms with van der Waals surface area (Å²) in [7, 11) is 0. The van der Waals surface area contributed by atoms with E-state index in [9.17, 15) is 9.59 Å². The molecule has 3 N–H and O–H groups in total. The smallest absolute Gasteiger partial charge is 0.253 e. The molecule has 0 radical (unpaired) electrons. The number of aromatic amines is 1. The summed E-state index contributed by atoms with van der Waals surface area (Å²) in [6.07, 6.45) is 2.23. The van der Waals surface area contributed by atoms with Crippen LogP contribution >= 0.6 is 0 Å². The Morgan fingerprint density at radius 3 is 2.79 bits per heavy atom. The first-order valence-corrected chi connectivity index (χ1v) is 8.29. The van der Waals surface area contributed by atoms with Crippen LogP contribution in [0, 0.1) is 0 Å². The maximum absolute atomic E-state index is 12.7. The van der Waals surface area contributed by atoms with E-state index in [0.29, 0.717) is 34.4 Å². The van der Waals surface area contributed by atoms with Gasteiger partial charge in [0.15, 0.2) is 5.43 Å². The molecule has 5 nitrogen and oxygen atoms in total. The number of hydrogen-bond acceptors (Lipinski definition) is 3. The Labute approximate surface area is 139 Å². The Kier molecular flexibility index (Phi) is 3.78. The molecular weight excluding hydrogens is 302 g/mol. The molecule has 1 aliphatic heterocycles. The first kappa shape index (κ1) is 14.9. The molecule has 0 unspecified atom stereocenters. The van der Waals surface area contributed by atoms with Crippen LogP contribution in [0.3, 0.4) is 0 Å². The molecule has 24 heavy (non-hydrogen) atoms. The van der Waals surface area contributed by atoms with Gasteiger partial charge in [-0.3, -0.25) is 9.59 Å². The highest BCUT2D eigenvalue weighted by Gasteiger charge is 2.17. The molecule has 1 aromatic heterocycles. The number of nitrogens with one attached hydrogen (secondary N) is 3. The summed E-state index contributed by atoms with van der Waals surface area (Å²) in [6.45, 7) is 1.61. The third kappa shape index (κ3) is 2.57. The maximum Gasteiger partial charge on any atom is 0.253 e. The lowest BCUT2D eigenvalue weighted by Gasteiger charge is -2.13. The predicted molar refractivity (Wildman–Crippen MR) is 95.4 cm³/mol. The number of aromatic nitrogens is 1. The van der Waals surface area contributed by atoms with Crippen molar-refractivity contribution < 1.29 is 4.79 Å². The fourth-order valence-electron chi connectivity index (χ4n) is 3.38. The molecule has 4 rings (SSSR count). The topological polar surface area (TPSA) is 74.0 Å². The van der Waals surface area contributed by atoms with Crippen molar-refractivity contribution in [2.45, 2.75) is 18.9 Å². The number of benzene rings is 2. The Morgan fingerprint density at radius 2 is 1.96 bits per heavy atom. The van der Waals surface area contributed by atoms with Crippen molar-refractivity contribution in [1.82, 2.24) is 15.6 Å². The molecule has 0 spiro atoms. The Hall–Kier alpha value is -2.66. The number of amides is 1. The minimum Gasteiger partial charge on any atom is -0.354 e. The third-order valence-corrected chi connectivity index (χ3v) is 4.66. The Bertz CT molecular complexity index is 971. The molecule has 1 fully saturated rings. The van der Waals surface area contributed by atoms with E-state index in [1.54, 1.807) is 24.3 Å². The van der Waals surface area contributed by atoms with Gasteiger partial charge in [0.1, 0.15) is 0 Å². The second-order valence-corrected chi connectivity index (χ2v) is 6.23. The number of rotatable bonds is 3. The average Bonchev–Trinajstić information content (AvgIpc) is 3.13. The molecule has 2 aromatic carbocycles. The lowest BCUT2D eigenvalue weighted by molar-refractivity contribution is 0.0952. The highest BCUT2D eigenvalue weighted by molar-refractivity contribution is 6.07. The lowest BCUT2D eigenvalue weighted by atomic mass is 10.1. The second-order valence-electron chi connectivity index (χ2n) is 6.23. The van der Waals surface area contributed by atoms with Gasteiger partial charge in [-0.2, -0.15) is 0 Å². The van der Waals surface area contributed by atoms with Gasteiger partial charge in [-0.1, -0.05) is 18.2 Å². The Balaban J connectivity index is 1.75. The minimum atomic E-state index is -0.153. The highest BCUT2D eigenvalue weighted by Crippen LogP contribution is 2.18. The van der Waals surface area contributed by atoms with Gasteiger partial charge in [0.2, 0.25) is 0 Å². The van der Waals surface area contributed by atoms with Crippen LogP contribution in [-0.4, -0.2) is 30.0 Å². The molecule has 1 amide bonds. The molecule has 1 saturated heterocycles. The molecular formula is C19H19N3O2. The first-order chi connectivity index (χ1) is 11.7. The Morgan fingerprint density at radius 1 is 1.12 bits per heavy atom. The number of pyridine rings is 1.